The van der Waals surface area contributed by atoms with Crippen LogP contribution in [0.1, 0.15) is 12.5 Å². The lowest BCUT2D eigenvalue weighted by Gasteiger charge is -2.09. The molecule has 0 saturated carbocycles. The standard InChI is InChI=1S/C19H20N4O3S/c1-2-26-17-8-4-6-15(10-17)18-11-19(22-13-21-18)23-16-7-3-5-14(9-16)12-27(20,24)25/h3-11,13H,2,12H2,1H3,(H2,20,24,25)(H,21,22,23). The number of benzene rings is 2. The Labute approximate surface area is 158 Å². The van der Waals surface area contributed by atoms with Gasteiger partial charge in [0.1, 0.15) is 17.9 Å². The first-order valence-electron chi connectivity index (χ1n) is 8.34. The molecule has 0 aliphatic carbocycles. The van der Waals surface area contributed by atoms with Gasteiger partial charge in [0.05, 0.1) is 18.1 Å². The first-order chi connectivity index (χ1) is 12.9. The van der Waals surface area contributed by atoms with Crippen molar-refractivity contribution in [2.24, 2.45) is 5.14 Å². The second-order valence-corrected chi connectivity index (χ2v) is 7.50. The summed E-state index contributed by atoms with van der Waals surface area (Å²) in [6, 6.07) is 16.5. The number of anilines is 2. The first kappa shape index (κ1) is 18.8. The van der Waals surface area contributed by atoms with Crippen LogP contribution in [0.2, 0.25) is 0 Å². The SMILES string of the molecule is CCOc1cccc(-c2cc(Nc3cccc(CS(N)(=O)=O)c3)ncn2)c1. The van der Waals surface area contributed by atoms with E-state index < -0.39 is 10.0 Å². The second-order valence-electron chi connectivity index (χ2n) is 5.88. The summed E-state index contributed by atoms with van der Waals surface area (Å²) < 4.78 is 28.1. The van der Waals surface area contributed by atoms with Gasteiger partial charge in [0, 0.05) is 17.3 Å². The molecule has 0 aliphatic heterocycles. The van der Waals surface area contributed by atoms with Crippen LogP contribution in [0.5, 0.6) is 5.75 Å². The van der Waals surface area contributed by atoms with Crippen LogP contribution in [0.15, 0.2) is 60.9 Å². The largest absolute Gasteiger partial charge is 0.494 e. The predicted octanol–water partition coefficient (Wildman–Crippen LogP) is 3.07. The number of nitrogens with zero attached hydrogens (tertiary/aromatic N) is 2. The number of rotatable bonds is 7. The molecular formula is C19H20N4O3S. The number of ether oxygens (including phenoxy) is 1. The van der Waals surface area contributed by atoms with Gasteiger partial charge >= 0.3 is 0 Å². The maximum absolute atomic E-state index is 11.3. The highest BCUT2D eigenvalue weighted by atomic mass is 32.2. The highest BCUT2D eigenvalue weighted by Gasteiger charge is 2.07. The highest BCUT2D eigenvalue weighted by molar-refractivity contribution is 7.88. The summed E-state index contributed by atoms with van der Waals surface area (Å²) >= 11 is 0. The van der Waals surface area contributed by atoms with Gasteiger partial charge in [0.2, 0.25) is 10.0 Å². The van der Waals surface area contributed by atoms with Gasteiger partial charge in [-0.2, -0.15) is 0 Å². The smallest absolute Gasteiger partial charge is 0.213 e. The Bertz CT molecular complexity index is 1040. The van der Waals surface area contributed by atoms with Crippen molar-refractivity contribution in [3.05, 3.63) is 66.5 Å². The van der Waals surface area contributed by atoms with Crippen LogP contribution in [0.4, 0.5) is 11.5 Å². The molecule has 1 heterocycles. The van der Waals surface area contributed by atoms with Gasteiger partial charge in [-0.1, -0.05) is 24.3 Å². The Morgan fingerprint density at radius 2 is 1.89 bits per heavy atom. The molecular weight excluding hydrogens is 364 g/mol. The van der Waals surface area contributed by atoms with E-state index in [1.54, 1.807) is 18.2 Å². The molecule has 1 aromatic heterocycles. The molecule has 7 nitrogen and oxygen atoms in total. The number of hydrogen-bond acceptors (Lipinski definition) is 6. The minimum atomic E-state index is -3.58. The van der Waals surface area contributed by atoms with Crippen molar-refractivity contribution in [3.63, 3.8) is 0 Å². The molecule has 0 amide bonds. The third kappa shape index (κ3) is 5.50. The molecule has 140 valence electrons. The predicted molar refractivity (Wildman–Crippen MR) is 105 cm³/mol. The van der Waals surface area contributed by atoms with E-state index in [1.807, 2.05) is 43.3 Å². The molecule has 0 unspecified atom stereocenters. The van der Waals surface area contributed by atoms with Gasteiger partial charge in [0.15, 0.2) is 0 Å². The fourth-order valence-electron chi connectivity index (χ4n) is 2.61. The normalized spacial score (nSPS) is 11.2. The molecule has 8 heteroatoms. The Morgan fingerprint density at radius 3 is 2.67 bits per heavy atom. The van der Waals surface area contributed by atoms with Crippen LogP contribution < -0.4 is 15.2 Å². The van der Waals surface area contributed by atoms with Gasteiger partial charge in [-0.15, -0.1) is 0 Å². The topological polar surface area (TPSA) is 107 Å². The fraction of sp³-hybridized carbons (Fsp3) is 0.158. The average molecular weight is 384 g/mol. The summed E-state index contributed by atoms with van der Waals surface area (Å²) in [5.41, 5.74) is 2.97. The molecule has 3 N–H and O–H groups in total. The van der Waals surface area contributed by atoms with Crippen LogP contribution in [0, 0.1) is 0 Å². The summed E-state index contributed by atoms with van der Waals surface area (Å²) in [6.45, 7) is 2.53. The van der Waals surface area contributed by atoms with Gasteiger partial charge in [-0.3, -0.25) is 0 Å². The third-order valence-corrected chi connectivity index (χ3v) is 4.41. The van der Waals surface area contributed by atoms with E-state index >= 15 is 0 Å². The lowest BCUT2D eigenvalue weighted by molar-refractivity contribution is 0.340. The molecule has 0 aliphatic rings. The van der Waals surface area contributed by atoms with Crippen LogP contribution >= 0.6 is 0 Å². The molecule has 3 aromatic rings. The Balaban J connectivity index is 1.82. The molecule has 27 heavy (non-hydrogen) atoms. The quantitative estimate of drug-likeness (QED) is 0.648. The maximum atomic E-state index is 11.3. The number of nitrogens with one attached hydrogen (secondary N) is 1. The van der Waals surface area contributed by atoms with Crippen molar-refractivity contribution >= 4 is 21.5 Å². The number of nitrogens with two attached hydrogens (primary N) is 1. The molecule has 2 aromatic carbocycles. The van der Waals surface area contributed by atoms with E-state index in [0.29, 0.717) is 23.7 Å². The average Bonchev–Trinajstić information content (AvgIpc) is 2.61. The molecule has 3 rings (SSSR count). The van der Waals surface area contributed by atoms with Crippen LogP contribution in [-0.2, 0) is 15.8 Å². The molecule has 0 atom stereocenters. The zero-order valence-electron chi connectivity index (χ0n) is 14.8. The minimum absolute atomic E-state index is 0.220. The lowest BCUT2D eigenvalue weighted by atomic mass is 10.1. The monoisotopic (exact) mass is 384 g/mol. The van der Waals surface area contributed by atoms with Crippen molar-refractivity contribution in [1.82, 2.24) is 9.97 Å². The van der Waals surface area contributed by atoms with E-state index in [1.165, 1.54) is 6.33 Å². The summed E-state index contributed by atoms with van der Waals surface area (Å²) in [5.74, 6) is 1.15. The minimum Gasteiger partial charge on any atom is -0.494 e. The van der Waals surface area contributed by atoms with E-state index in [4.69, 9.17) is 9.88 Å². The van der Waals surface area contributed by atoms with Gasteiger partial charge in [-0.25, -0.2) is 23.5 Å². The molecule has 0 bridgehead atoms. The number of aromatic nitrogens is 2. The summed E-state index contributed by atoms with van der Waals surface area (Å²) in [6.07, 6.45) is 1.47. The summed E-state index contributed by atoms with van der Waals surface area (Å²) in [7, 11) is -3.58. The van der Waals surface area contributed by atoms with Crippen molar-refractivity contribution in [1.29, 1.82) is 0 Å². The van der Waals surface area contributed by atoms with Crippen molar-refractivity contribution in [2.75, 3.05) is 11.9 Å². The number of primary sulfonamides is 1. The number of hydrogen-bond donors (Lipinski definition) is 2. The molecule has 0 spiro atoms. The zero-order chi connectivity index (χ0) is 19.3. The summed E-state index contributed by atoms with van der Waals surface area (Å²) in [5, 5.41) is 8.27. The first-order valence-corrected chi connectivity index (χ1v) is 10.1. The van der Waals surface area contributed by atoms with E-state index in [0.717, 1.165) is 17.0 Å². The van der Waals surface area contributed by atoms with E-state index in [2.05, 4.69) is 15.3 Å². The van der Waals surface area contributed by atoms with Gasteiger partial charge in [0.25, 0.3) is 0 Å². The Morgan fingerprint density at radius 1 is 1.07 bits per heavy atom. The highest BCUT2D eigenvalue weighted by Crippen LogP contribution is 2.25. The van der Waals surface area contributed by atoms with Crippen molar-refractivity contribution in [3.8, 4) is 17.0 Å². The third-order valence-electron chi connectivity index (χ3n) is 3.68. The maximum Gasteiger partial charge on any atom is 0.213 e. The summed E-state index contributed by atoms with van der Waals surface area (Å²) in [4.78, 5) is 8.54. The lowest BCUT2D eigenvalue weighted by Crippen LogP contribution is -2.14. The molecule has 0 fully saturated rings. The molecule has 0 radical (unpaired) electrons. The van der Waals surface area contributed by atoms with Crippen molar-refractivity contribution in [2.45, 2.75) is 12.7 Å². The van der Waals surface area contributed by atoms with Gasteiger partial charge in [-0.05, 0) is 36.8 Å². The Hall–Kier alpha value is -2.97. The van der Waals surface area contributed by atoms with E-state index in [-0.39, 0.29) is 5.75 Å². The molecule has 0 saturated heterocycles. The fourth-order valence-corrected chi connectivity index (χ4v) is 3.26. The second kappa shape index (κ2) is 8.15. The number of sulfonamides is 1. The van der Waals surface area contributed by atoms with Crippen LogP contribution in [0.3, 0.4) is 0 Å². The van der Waals surface area contributed by atoms with Crippen LogP contribution in [0.25, 0.3) is 11.3 Å². The van der Waals surface area contributed by atoms with Crippen molar-refractivity contribution < 1.29 is 13.2 Å². The van der Waals surface area contributed by atoms with Gasteiger partial charge < -0.3 is 10.1 Å². The Kier molecular flexibility index (Phi) is 5.68. The zero-order valence-corrected chi connectivity index (χ0v) is 15.6. The van der Waals surface area contributed by atoms with Crippen LogP contribution in [-0.4, -0.2) is 25.0 Å². The van der Waals surface area contributed by atoms with E-state index in [9.17, 15) is 8.42 Å².